The van der Waals surface area contributed by atoms with E-state index in [1.54, 1.807) is 29.6 Å². The first-order valence-corrected chi connectivity index (χ1v) is 10.5. The van der Waals surface area contributed by atoms with Crippen LogP contribution in [0.2, 0.25) is 0 Å². The molecule has 1 aliphatic rings. The molecule has 2 aromatic rings. The predicted molar refractivity (Wildman–Crippen MR) is 114 cm³/mol. The fourth-order valence-electron chi connectivity index (χ4n) is 3.47. The number of aromatic nitrogens is 2. The molecular weight excluding hydrogens is 436 g/mol. The Morgan fingerprint density at radius 1 is 1.41 bits per heavy atom. The smallest absolute Gasteiger partial charge is 0.259 e. The molecule has 0 bridgehead atoms. The van der Waals surface area contributed by atoms with Crippen LogP contribution < -0.4 is 4.74 Å². The van der Waals surface area contributed by atoms with Crippen LogP contribution in [0.25, 0.3) is 0 Å². The van der Waals surface area contributed by atoms with Crippen molar-refractivity contribution in [3.8, 4) is 5.88 Å². The van der Waals surface area contributed by atoms with Gasteiger partial charge in [0.15, 0.2) is 0 Å². The molecule has 8 heteroatoms. The van der Waals surface area contributed by atoms with Gasteiger partial charge in [0.25, 0.3) is 5.91 Å². The number of aliphatic hydroxyl groups is 1. The number of pyridine rings is 2. The van der Waals surface area contributed by atoms with E-state index in [1.807, 2.05) is 26.1 Å². The summed E-state index contributed by atoms with van der Waals surface area (Å²) in [4.78, 5) is 25.4. The van der Waals surface area contributed by atoms with E-state index in [0.29, 0.717) is 29.0 Å². The fourth-order valence-corrected chi connectivity index (χ4v) is 3.80. The Balaban J connectivity index is 1.85. The second kappa shape index (κ2) is 9.65. The zero-order valence-electron chi connectivity index (χ0n) is 17.0. The second-order valence-corrected chi connectivity index (χ2v) is 8.60. The number of nitrogens with zero attached hydrogens (tertiary/aromatic N) is 4. The Morgan fingerprint density at radius 3 is 2.83 bits per heavy atom. The molecule has 0 saturated heterocycles. The highest BCUT2D eigenvalue weighted by Gasteiger charge is 2.34. The van der Waals surface area contributed by atoms with Crippen LogP contribution in [0.3, 0.4) is 0 Å². The first-order chi connectivity index (χ1) is 13.9. The van der Waals surface area contributed by atoms with E-state index in [2.05, 4.69) is 37.7 Å². The van der Waals surface area contributed by atoms with E-state index in [4.69, 9.17) is 4.74 Å². The summed E-state index contributed by atoms with van der Waals surface area (Å²) < 4.78 is 6.96. The number of ether oxygens (including phenoxy) is 1. The third-order valence-corrected chi connectivity index (χ3v) is 5.61. The third-order valence-electron chi connectivity index (χ3n) is 5.18. The average molecular weight is 463 g/mol. The molecule has 0 unspecified atom stereocenters. The first-order valence-electron chi connectivity index (χ1n) is 9.70. The molecule has 0 aliphatic carbocycles. The maximum Gasteiger partial charge on any atom is 0.259 e. The molecule has 7 nitrogen and oxygen atoms in total. The molecule has 2 aromatic heterocycles. The first kappa shape index (κ1) is 21.7. The van der Waals surface area contributed by atoms with Gasteiger partial charge in [0.1, 0.15) is 11.7 Å². The van der Waals surface area contributed by atoms with E-state index in [0.717, 1.165) is 6.54 Å². The van der Waals surface area contributed by atoms with Gasteiger partial charge in [-0.2, -0.15) is 0 Å². The Hall–Kier alpha value is -2.03. The van der Waals surface area contributed by atoms with Gasteiger partial charge in [0.05, 0.1) is 12.6 Å². The number of hydrogen-bond acceptors (Lipinski definition) is 6. The molecule has 0 radical (unpaired) electrons. The van der Waals surface area contributed by atoms with Gasteiger partial charge in [0, 0.05) is 48.6 Å². The van der Waals surface area contributed by atoms with E-state index < -0.39 is 0 Å². The molecule has 0 aromatic carbocycles. The number of carbonyl (C=O) groups excluding carboxylic acids is 1. The molecule has 3 rings (SSSR count). The van der Waals surface area contributed by atoms with Crippen LogP contribution in [0.5, 0.6) is 5.88 Å². The van der Waals surface area contributed by atoms with E-state index in [1.165, 1.54) is 5.56 Å². The van der Waals surface area contributed by atoms with Gasteiger partial charge in [0.2, 0.25) is 5.88 Å². The summed E-state index contributed by atoms with van der Waals surface area (Å²) in [5, 5.41) is 9.67. The number of hydrogen-bond donors (Lipinski definition) is 1. The summed E-state index contributed by atoms with van der Waals surface area (Å²) in [6.45, 7) is 5.77. The number of aliphatic hydroxyl groups excluding tert-OH is 1. The third kappa shape index (κ3) is 5.32. The molecule has 1 N–H and O–H groups in total. The highest BCUT2D eigenvalue weighted by Crippen LogP contribution is 2.28. The summed E-state index contributed by atoms with van der Waals surface area (Å²) in [5.74, 6) is 0.222. The molecule has 1 amide bonds. The van der Waals surface area contributed by atoms with Gasteiger partial charge in [-0.25, -0.2) is 4.98 Å². The van der Waals surface area contributed by atoms with Crippen LogP contribution >= 0.6 is 15.9 Å². The second-order valence-electron chi connectivity index (χ2n) is 7.68. The summed E-state index contributed by atoms with van der Waals surface area (Å²) in [6, 6.07) is 5.44. The van der Waals surface area contributed by atoms with E-state index in [-0.39, 0.29) is 30.6 Å². The fraction of sp³-hybridized carbons (Fsp3) is 0.476. The maximum atomic E-state index is 13.1. The molecule has 0 fully saturated rings. The minimum absolute atomic E-state index is 0.0615. The lowest BCUT2D eigenvalue weighted by atomic mass is 10.00. The number of rotatable bonds is 6. The lowest BCUT2D eigenvalue weighted by Crippen LogP contribution is -2.49. The standard InChI is InChI=1S/C21H27BrN4O3/c1-14-10-26(15(2)13-27)21(28)18-8-17(22)9-24-20(18)29-19(14)12-25(3)11-16-4-6-23-7-5-16/h4-9,14-15,19,27H,10-13H2,1-3H3/t14-,15-,19-/m1/s1. The lowest BCUT2D eigenvalue weighted by Gasteiger charge is -2.37. The van der Waals surface area contributed by atoms with Crippen molar-refractivity contribution in [1.82, 2.24) is 19.8 Å². The van der Waals surface area contributed by atoms with Crippen molar-refractivity contribution < 1.29 is 14.6 Å². The number of amides is 1. The molecule has 3 atom stereocenters. The lowest BCUT2D eigenvalue weighted by molar-refractivity contribution is 0.0325. The number of fused-ring (bicyclic) bond motifs is 1. The Bertz CT molecular complexity index is 836. The molecule has 0 spiro atoms. The molecular formula is C21H27BrN4O3. The normalized spacial score (nSPS) is 20.6. The zero-order chi connectivity index (χ0) is 21.0. The van der Waals surface area contributed by atoms with Crippen molar-refractivity contribution in [1.29, 1.82) is 0 Å². The van der Waals surface area contributed by atoms with Gasteiger partial charge >= 0.3 is 0 Å². The van der Waals surface area contributed by atoms with Crippen molar-refractivity contribution in [2.45, 2.75) is 32.5 Å². The zero-order valence-corrected chi connectivity index (χ0v) is 18.5. The SMILES string of the molecule is C[C@@H]1CN([C@H](C)CO)C(=O)c2cc(Br)cnc2O[C@@H]1CN(C)Cc1ccncc1. The summed E-state index contributed by atoms with van der Waals surface area (Å²) >= 11 is 3.39. The summed E-state index contributed by atoms with van der Waals surface area (Å²) in [5.41, 5.74) is 1.59. The molecule has 29 heavy (non-hydrogen) atoms. The van der Waals surface area contributed by atoms with Crippen molar-refractivity contribution in [2.75, 3.05) is 26.7 Å². The van der Waals surface area contributed by atoms with Crippen molar-refractivity contribution in [3.05, 3.63) is 52.4 Å². The van der Waals surface area contributed by atoms with Crippen molar-refractivity contribution >= 4 is 21.8 Å². The minimum atomic E-state index is -0.287. The Morgan fingerprint density at radius 2 is 2.14 bits per heavy atom. The number of likely N-dealkylation sites (N-methyl/N-ethyl adjacent to an activating group) is 1. The van der Waals surface area contributed by atoms with Crippen molar-refractivity contribution in [2.24, 2.45) is 5.92 Å². The van der Waals surface area contributed by atoms with Gasteiger partial charge in [-0.1, -0.05) is 6.92 Å². The quantitative estimate of drug-likeness (QED) is 0.710. The predicted octanol–water partition coefficient (Wildman–Crippen LogP) is 2.59. The molecule has 156 valence electrons. The van der Waals surface area contributed by atoms with Crippen LogP contribution in [-0.2, 0) is 6.54 Å². The van der Waals surface area contributed by atoms with Gasteiger partial charge in [-0.3, -0.25) is 14.7 Å². The molecule has 3 heterocycles. The maximum absolute atomic E-state index is 13.1. The Kier molecular flexibility index (Phi) is 7.21. The number of carbonyl (C=O) groups is 1. The average Bonchev–Trinajstić information content (AvgIpc) is 2.71. The summed E-state index contributed by atoms with van der Waals surface area (Å²) in [7, 11) is 2.05. The summed E-state index contributed by atoms with van der Waals surface area (Å²) in [6.07, 6.45) is 5.05. The molecule has 1 aliphatic heterocycles. The highest BCUT2D eigenvalue weighted by molar-refractivity contribution is 9.10. The molecule has 0 saturated carbocycles. The van der Waals surface area contributed by atoms with Gasteiger partial charge in [-0.05, 0) is 53.7 Å². The monoisotopic (exact) mass is 462 g/mol. The number of halogens is 1. The van der Waals surface area contributed by atoms with Crippen LogP contribution in [0.15, 0.2) is 41.3 Å². The van der Waals surface area contributed by atoms with Crippen LogP contribution in [0.4, 0.5) is 0 Å². The van der Waals surface area contributed by atoms with Crippen LogP contribution in [0.1, 0.15) is 29.8 Å². The van der Waals surface area contributed by atoms with Crippen LogP contribution in [-0.4, -0.2) is 69.7 Å². The van der Waals surface area contributed by atoms with Gasteiger partial charge in [-0.15, -0.1) is 0 Å². The van der Waals surface area contributed by atoms with E-state index >= 15 is 0 Å². The van der Waals surface area contributed by atoms with Gasteiger partial charge < -0.3 is 14.7 Å². The minimum Gasteiger partial charge on any atom is -0.472 e. The van der Waals surface area contributed by atoms with E-state index in [9.17, 15) is 9.90 Å². The highest BCUT2D eigenvalue weighted by atomic mass is 79.9. The van der Waals surface area contributed by atoms with Crippen LogP contribution in [0, 0.1) is 5.92 Å². The topological polar surface area (TPSA) is 78.8 Å². The largest absolute Gasteiger partial charge is 0.472 e. The Labute approximate surface area is 179 Å². The van der Waals surface area contributed by atoms with Crippen molar-refractivity contribution in [3.63, 3.8) is 0 Å².